The summed E-state index contributed by atoms with van der Waals surface area (Å²) in [7, 11) is 0. The fourth-order valence-corrected chi connectivity index (χ4v) is 6.55. The van der Waals surface area contributed by atoms with E-state index in [0.717, 1.165) is 0 Å². The number of nitrogens with one attached hydrogen (secondary N) is 2. The highest BCUT2D eigenvalue weighted by Crippen LogP contribution is 2.50. The molecule has 2 aromatic rings. The Morgan fingerprint density at radius 2 is 1.95 bits per heavy atom. The van der Waals surface area contributed by atoms with Gasteiger partial charge < -0.3 is 31.6 Å². The number of nitrogens with two attached hydrogens (primary N) is 2. The van der Waals surface area contributed by atoms with E-state index in [9.17, 15) is 4.79 Å². The molecule has 1 amide bonds. The summed E-state index contributed by atoms with van der Waals surface area (Å²) in [6.07, 6.45) is 1.44. The van der Waals surface area contributed by atoms with Gasteiger partial charge in [-0.05, 0) is 68.8 Å². The van der Waals surface area contributed by atoms with Crippen LogP contribution in [-0.2, 0) is 19.8 Å². The zero-order valence-electron chi connectivity index (χ0n) is 23.9. The van der Waals surface area contributed by atoms with E-state index >= 15 is 8.78 Å². The summed E-state index contributed by atoms with van der Waals surface area (Å²) >= 11 is 12.3. The Balaban J connectivity index is 1.75. The van der Waals surface area contributed by atoms with Crippen LogP contribution < -0.4 is 22.1 Å². The first-order valence-electron chi connectivity index (χ1n) is 13.9. The van der Waals surface area contributed by atoms with Crippen LogP contribution in [0.4, 0.5) is 8.78 Å². The van der Waals surface area contributed by atoms with Gasteiger partial charge in [-0.2, -0.15) is 0 Å². The van der Waals surface area contributed by atoms with Crippen LogP contribution >= 0.6 is 23.2 Å². The van der Waals surface area contributed by atoms with Crippen LogP contribution in [0.3, 0.4) is 0 Å². The first-order chi connectivity index (χ1) is 19.2. The average molecular weight is 614 g/mol. The zero-order chi connectivity index (χ0) is 30.2. The molecule has 226 valence electrons. The van der Waals surface area contributed by atoms with Crippen molar-refractivity contribution in [1.82, 2.24) is 10.6 Å². The highest BCUT2D eigenvalue weighted by molar-refractivity contribution is 6.31. The molecule has 11 heteroatoms. The summed E-state index contributed by atoms with van der Waals surface area (Å²) in [6.45, 7) is 8.89. The van der Waals surface area contributed by atoms with Crippen LogP contribution in [0.5, 0.6) is 0 Å². The molecular formula is C30H40Cl2F2N4O3. The molecule has 0 aliphatic carbocycles. The standard InChI is InChI=1S/C30H40Cl2F2N4O3/c1-28(2,11-12-35)15-23-30(36,20-9-8-17(31)14-22(20)33)24(19-6-5-7-21(32)25(19)34)26(38-23)27(39)37-13-10-18-16-40-29(3,4)41-18/h5-9,14,18,23-24,26,38H,10-13,15-16,35-36H2,1-4H3,(H,37,39)/t18-,23-,24-,26+,30+/m0/s1. The van der Waals surface area contributed by atoms with Crippen LogP contribution in [0.2, 0.25) is 10.0 Å². The Labute approximate surface area is 250 Å². The molecule has 0 aromatic heterocycles. The Morgan fingerprint density at radius 1 is 1.22 bits per heavy atom. The van der Waals surface area contributed by atoms with E-state index in [4.69, 9.17) is 44.1 Å². The van der Waals surface area contributed by atoms with Crippen LogP contribution in [0.25, 0.3) is 0 Å². The Morgan fingerprint density at radius 3 is 2.59 bits per heavy atom. The molecule has 0 bridgehead atoms. The maximum Gasteiger partial charge on any atom is 0.237 e. The smallest absolute Gasteiger partial charge is 0.237 e. The molecule has 2 aliphatic heterocycles. The predicted octanol–water partition coefficient (Wildman–Crippen LogP) is 4.97. The summed E-state index contributed by atoms with van der Waals surface area (Å²) in [5, 5.41) is 6.41. The number of rotatable bonds is 10. The van der Waals surface area contributed by atoms with Crippen molar-refractivity contribution >= 4 is 29.1 Å². The van der Waals surface area contributed by atoms with Crippen LogP contribution in [0.1, 0.15) is 64.0 Å². The monoisotopic (exact) mass is 612 g/mol. The van der Waals surface area contributed by atoms with Crippen molar-refractivity contribution in [1.29, 1.82) is 0 Å². The minimum atomic E-state index is -1.56. The van der Waals surface area contributed by atoms with Crippen molar-refractivity contribution < 1.29 is 23.0 Å². The molecule has 2 saturated heterocycles. The van der Waals surface area contributed by atoms with Gasteiger partial charge in [-0.25, -0.2) is 8.78 Å². The third-order valence-electron chi connectivity index (χ3n) is 8.21. The highest BCUT2D eigenvalue weighted by Gasteiger charge is 2.58. The lowest BCUT2D eigenvalue weighted by molar-refractivity contribution is -0.138. The summed E-state index contributed by atoms with van der Waals surface area (Å²) in [4.78, 5) is 13.8. The number of carbonyl (C=O) groups excluding carboxylic acids is 1. The van der Waals surface area contributed by atoms with Gasteiger partial charge in [0.2, 0.25) is 5.91 Å². The topological polar surface area (TPSA) is 112 Å². The maximum atomic E-state index is 15.7. The van der Waals surface area contributed by atoms with Crippen molar-refractivity contribution in [3.63, 3.8) is 0 Å². The number of amides is 1. The number of hydrogen-bond acceptors (Lipinski definition) is 6. The van der Waals surface area contributed by atoms with Crippen LogP contribution in [0.15, 0.2) is 36.4 Å². The summed E-state index contributed by atoms with van der Waals surface area (Å²) in [6, 6.07) is 7.16. The van der Waals surface area contributed by atoms with Gasteiger partial charge in [-0.15, -0.1) is 0 Å². The Kier molecular flexibility index (Phi) is 9.70. The van der Waals surface area contributed by atoms with Crippen LogP contribution in [0, 0.1) is 17.0 Å². The third kappa shape index (κ3) is 6.88. The van der Waals surface area contributed by atoms with Gasteiger partial charge in [0, 0.05) is 29.1 Å². The molecule has 2 aromatic carbocycles. The summed E-state index contributed by atoms with van der Waals surface area (Å²) < 4.78 is 42.9. The predicted molar refractivity (Wildman–Crippen MR) is 157 cm³/mol. The fraction of sp³-hybridized carbons (Fsp3) is 0.567. The number of carbonyl (C=O) groups is 1. The number of halogens is 4. The third-order valence-corrected chi connectivity index (χ3v) is 8.74. The van der Waals surface area contributed by atoms with Crippen molar-refractivity contribution in [3.8, 4) is 0 Å². The first-order valence-corrected chi connectivity index (χ1v) is 14.7. The van der Waals surface area contributed by atoms with Crippen molar-refractivity contribution in [2.75, 3.05) is 19.7 Å². The lowest BCUT2D eigenvalue weighted by atomic mass is 9.67. The molecule has 4 rings (SSSR count). The van der Waals surface area contributed by atoms with Crippen molar-refractivity contribution in [2.24, 2.45) is 16.9 Å². The van der Waals surface area contributed by atoms with Gasteiger partial charge >= 0.3 is 0 Å². The zero-order valence-corrected chi connectivity index (χ0v) is 25.4. The first kappa shape index (κ1) is 32.1. The van der Waals surface area contributed by atoms with Crippen LogP contribution in [-0.4, -0.2) is 49.6 Å². The molecule has 0 saturated carbocycles. The largest absolute Gasteiger partial charge is 0.355 e. The van der Waals surface area contributed by atoms with Crippen molar-refractivity contribution in [2.45, 2.75) is 82.4 Å². The Bertz CT molecular complexity index is 1260. The molecular weight excluding hydrogens is 573 g/mol. The fourth-order valence-electron chi connectivity index (χ4n) is 6.21. The lowest BCUT2D eigenvalue weighted by Gasteiger charge is -2.40. The second-order valence-corrected chi connectivity index (χ2v) is 13.2. The van der Waals surface area contributed by atoms with E-state index in [2.05, 4.69) is 10.6 Å². The molecule has 5 atom stereocenters. The molecule has 0 radical (unpaired) electrons. The Hall–Kier alpha value is -1.85. The number of benzene rings is 2. The highest BCUT2D eigenvalue weighted by atomic mass is 35.5. The van der Waals surface area contributed by atoms with E-state index in [0.29, 0.717) is 39.0 Å². The van der Waals surface area contributed by atoms with E-state index < -0.39 is 46.9 Å². The average Bonchev–Trinajstić information content (AvgIpc) is 3.36. The van der Waals surface area contributed by atoms with Gasteiger partial charge in [0.1, 0.15) is 11.6 Å². The van der Waals surface area contributed by atoms with Gasteiger partial charge in [0.05, 0.1) is 29.3 Å². The molecule has 2 heterocycles. The SMILES string of the molecule is CC(C)(CCN)C[C@@H]1N[C@@H](C(=O)NCC[C@H]2COC(C)(C)O2)[C@H](c2cccc(Cl)c2F)[C@@]1(N)c1ccc(Cl)cc1F. The molecule has 2 aliphatic rings. The van der Waals surface area contributed by atoms with Crippen molar-refractivity contribution in [3.05, 3.63) is 69.2 Å². The quantitative estimate of drug-likeness (QED) is 0.301. The molecule has 41 heavy (non-hydrogen) atoms. The van der Waals surface area contributed by atoms with Gasteiger partial charge in [-0.1, -0.05) is 55.2 Å². The minimum Gasteiger partial charge on any atom is -0.355 e. The molecule has 2 fully saturated rings. The summed E-state index contributed by atoms with van der Waals surface area (Å²) in [5.74, 6) is -3.43. The van der Waals surface area contributed by atoms with Gasteiger partial charge in [0.15, 0.2) is 5.79 Å². The molecule has 6 N–H and O–H groups in total. The van der Waals surface area contributed by atoms with E-state index in [1.54, 1.807) is 18.2 Å². The van der Waals surface area contributed by atoms with Gasteiger partial charge in [-0.3, -0.25) is 4.79 Å². The number of hydrogen-bond donors (Lipinski definition) is 4. The maximum absolute atomic E-state index is 15.7. The minimum absolute atomic E-state index is 0.117. The molecule has 7 nitrogen and oxygen atoms in total. The number of ether oxygens (including phenoxy) is 2. The lowest BCUT2D eigenvalue weighted by Crippen LogP contribution is -2.52. The van der Waals surface area contributed by atoms with E-state index in [1.165, 1.54) is 18.2 Å². The van der Waals surface area contributed by atoms with Gasteiger partial charge in [0.25, 0.3) is 0 Å². The van der Waals surface area contributed by atoms with E-state index in [-0.39, 0.29) is 32.7 Å². The second kappa shape index (κ2) is 12.4. The normalized spacial score (nSPS) is 27.8. The molecule has 0 spiro atoms. The van der Waals surface area contributed by atoms with E-state index in [1.807, 2.05) is 27.7 Å². The molecule has 0 unspecified atom stereocenters. The summed E-state index contributed by atoms with van der Waals surface area (Å²) in [5.41, 5.74) is 11.5. The second-order valence-electron chi connectivity index (χ2n) is 12.3.